The molecule has 1 aromatic rings. The molecule has 1 N–H and O–H groups in total. The summed E-state index contributed by atoms with van der Waals surface area (Å²) in [5.74, 6) is 0.294. The van der Waals surface area contributed by atoms with Gasteiger partial charge in [-0.25, -0.2) is 0 Å². The maximum Gasteiger partial charge on any atom is 0.0861 e. The molecule has 2 atom stereocenters. The molecule has 17 heavy (non-hydrogen) atoms. The number of aliphatic hydroxyl groups excluding tert-OH is 1. The van der Waals surface area contributed by atoms with Crippen molar-refractivity contribution in [2.75, 3.05) is 0 Å². The highest BCUT2D eigenvalue weighted by Gasteiger charge is 2.25. The molecule has 1 heteroatoms. The lowest BCUT2D eigenvalue weighted by Crippen LogP contribution is -2.17. The highest BCUT2D eigenvalue weighted by molar-refractivity contribution is 5.63. The van der Waals surface area contributed by atoms with E-state index < -0.39 is 0 Å². The van der Waals surface area contributed by atoms with Gasteiger partial charge in [0.05, 0.1) is 6.10 Å². The van der Waals surface area contributed by atoms with Crippen molar-refractivity contribution in [1.82, 2.24) is 0 Å². The van der Waals surface area contributed by atoms with Crippen LogP contribution in [-0.2, 0) is 0 Å². The predicted octanol–water partition coefficient (Wildman–Crippen LogP) is 4.17. The normalized spacial score (nSPS) is 22.6. The number of unbranched alkanes of at least 4 members (excludes halogenated alkanes) is 1. The largest absolute Gasteiger partial charge is 0.388 e. The lowest BCUT2D eigenvalue weighted by Gasteiger charge is -2.28. The second-order valence-corrected chi connectivity index (χ2v) is 5.14. The molecule has 2 rings (SSSR count). The molecular weight excluding hydrogens is 208 g/mol. The average Bonchev–Trinajstić information content (AvgIpc) is 2.32. The average molecular weight is 230 g/mol. The van der Waals surface area contributed by atoms with Crippen LogP contribution in [0, 0.1) is 19.8 Å². The first-order valence-electron chi connectivity index (χ1n) is 6.61. The fourth-order valence-corrected chi connectivity index (χ4v) is 2.70. The Morgan fingerprint density at radius 3 is 2.59 bits per heavy atom. The molecule has 0 bridgehead atoms. The van der Waals surface area contributed by atoms with E-state index in [1.807, 2.05) is 0 Å². The zero-order chi connectivity index (χ0) is 12.4. The Labute approximate surface area is 104 Å². The third kappa shape index (κ3) is 2.30. The third-order valence-electron chi connectivity index (χ3n) is 3.83. The van der Waals surface area contributed by atoms with Crippen LogP contribution >= 0.6 is 0 Å². The van der Waals surface area contributed by atoms with Gasteiger partial charge in [-0.15, -0.1) is 0 Å². The van der Waals surface area contributed by atoms with Gasteiger partial charge in [0.1, 0.15) is 0 Å². The van der Waals surface area contributed by atoms with E-state index in [1.54, 1.807) is 0 Å². The summed E-state index contributed by atoms with van der Waals surface area (Å²) in [7, 11) is 0. The lowest BCUT2D eigenvalue weighted by atomic mass is 9.80. The van der Waals surface area contributed by atoms with Gasteiger partial charge >= 0.3 is 0 Å². The maximum absolute atomic E-state index is 10.5. The number of aryl methyl sites for hydroxylation is 2. The fraction of sp³-hybridized carbons (Fsp3) is 0.500. The molecule has 0 fully saturated rings. The quantitative estimate of drug-likeness (QED) is 0.826. The Bertz CT molecular complexity index is 431. The molecule has 0 spiro atoms. The first-order valence-corrected chi connectivity index (χ1v) is 6.61. The van der Waals surface area contributed by atoms with Gasteiger partial charge in [-0.2, -0.15) is 0 Å². The van der Waals surface area contributed by atoms with E-state index in [0.717, 1.165) is 12.0 Å². The van der Waals surface area contributed by atoms with Gasteiger partial charge in [-0.1, -0.05) is 44.1 Å². The van der Waals surface area contributed by atoms with Crippen LogP contribution in [-0.4, -0.2) is 5.11 Å². The van der Waals surface area contributed by atoms with Crippen LogP contribution in [0.25, 0.3) is 6.08 Å². The van der Waals surface area contributed by atoms with Crippen molar-refractivity contribution in [3.05, 3.63) is 40.5 Å². The number of fused-ring (bicyclic) bond motifs is 1. The van der Waals surface area contributed by atoms with Crippen LogP contribution in [0.4, 0.5) is 0 Å². The van der Waals surface area contributed by atoms with E-state index >= 15 is 0 Å². The van der Waals surface area contributed by atoms with Gasteiger partial charge in [0, 0.05) is 5.92 Å². The van der Waals surface area contributed by atoms with E-state index in [2.05, 4.69) is 45.1 Å². The van der Waals surface area contributed by atoms with Crippen molar-refractivity contribution >= 4 is 6.08 Å². The van der Waals surface area contributed by atoms with Gasteiger partial charge in [0.15, 0.2) is 0 Å². The number of hydrogen-bond acceptors (Lipinski definition) is 1. The standard InChI is InChI=1S/C16H22O/c1-4-5-6-13-9-10-14-11(2)7-8-12(3)15(14)16(13)17/h7-10,13,16-17H,4-6H2,1-3H3/t13-,16+/m0/s1. The molecule has 0 unspecified atom stereocenters. The van der Waals surface area contributed by atoms with Crippen molar-refractivity contribution in [3.8, 4) is 0 Å². The van der Waals surface area contributed by atoms with Crippen LogP contribution in [0.1, 0.15) is 54.5 Å². The minimum absolute atomic E-state index is 0.294. The Balaban J connectivity index is 2.34. The third-order valence-corrected chi connectivity index (χ3v) is 3.83. The van der Waals surface area contributed by atoms with Crippen LogP contribution < -0.4 is 0 Å². The smallest absolute Gasteiger partial charge is 0.0861 e. The van der Waals surface area contributed by atoms with Gasteiger partial charge in [0.2, 0.25) is 0 Å². The summed E-state index contributed by atoms with van der Waals surface area (Å²) < 4.78 is 0. The molecule has 0 aromatic heterocycles. The zero-order valence-electron chi connectivity index (χ0n) is 11.0. The van der Waals surface area contributed by atoms with Gasteiger partial charge < -0.3 is 5.11 Å². The minimum atomic E-state index is -0.318. The van der Waals surface area contributed by atoms with E-state index in [4.69, 9.17) is 0 Å². The SMILES string of the molecule is CCCC[C@H]1C=Cc2c(C)ccc(C)c2[C@@H]1O. The Kier molecular flexibility index (Phi) is 3.68. The molecule has 0 heterocycles. The van der Waals surface area contributed by atoms with Gasteiger partial charge in [-0.05, 0) is 42.5 Å². The molecule has 92 valence electrons. The summed E-state index contributed by atoms with van der Waals surface area (Å²) >= 11 is 0. The Morgan fingerprint density at radius 1 is 1.18 bits per heavy atom. The Hall–Kier alpha value is -1.08. The molecule has 0 radical (unpaired) electrons. The number of aliphatic hydroxyl groups is 1. The van der Waals surface area contributed by atoms with Gasteiger partial charge in [0.25, 0.3) is 0 Å². The molecule has 0 saturated carbocycles. The highest BCUT2D eigenvalue weighted by Crippen LogP contribution is 2.38. The van der Waals surface area contributed by atoms with Gasteiger partial charge in [-0.3, -0.25) is 0 Å². The van der Waals surface area contributed by atoms with Crippen LogP contribution in [0.3, 0.4) is 0 Å². The molecular formula is C16H22O. The van der Waals surface area contributed by atoms with Crippen molar-refractivity contribution in [3.63, 3.8) is 0 Å². The van der Waals surface area contributed by atoms with Crippen LogP contribution in [0.5, 0.6) is 0 Å². The summed E-state index contributed by atoms with van der Waals surface area (Å²) in [6.45, 7) is 6.40. The second-order valence-electron chi connectivity index (χ2n) is 5.14. The highest BCUT2D eigenvalue weighted by atomic mass is 16.3. The fourth-order valence-electron chi connectivity index (χ4n) is 2.70. The molecule has 1 aliphatic rings. The van der Waals surface area contributed by atoms with E-state index in [-0.39, 0.29) is 6.10 Å². The van der Waals surface area contributed by atoms with Crippen molar-refractivity contribution in [2.24, 2.45) is 5.92 Å². The monoisotopic (exact) mass is 230 g/mol. The minimum Gasteiger partial charge on any atom is -0.388 e. The summed E-state index contributed by atoms with van der Waals surface area (Å²) in [6.07, 6.45) is 7.53. The molecule has 1 nitrogen and oxygen atoms in total. The topological polar surface area (TPSA) is 20.2 Å². The summed E-state index contributed by atoms with van der Waals surface area (Å²) in [6, 6.07) is 4.25. The number of benzene rings is 1. The summed E-state index contributed by atoms with van der Waals surface area (Å²) in [5, 5.41) is 10.5. The van der Waals surface area contributed by atoms with Crippen molar-refractivity contribution in [2.45, 2.75) is 46.1 Å². The number of rotatable bonds is 3. The molecule has 1 aromatic carbocycles. The maximum atomic E-state index is 10.5. The van der Waals surface area contributed by atoms with E-state index in [1.165, 1.54) is 29.5 Å². The number of hydrogen-bond donors (Lipinski definition) is 1. The van der Waals surface area contributed by atoms with Crippen molar-refractivity contribution < 1.29 is 5.11 Å². The van der Waals surface area contributed by atoms with E-state index in [9.17, 15) is 5.11 Å². The zero-order valence-corrected chi connectivity index (χ0v) is 11.0. The first kappa shape index (κ1) is 12.4. The van der Waals surface area contributed by atoms with E-state index in [0.29, 0.717) is 5.92 Å². The first-order chi connectivity index (χ1) is 8.15. The second kappa shape index (κ2) is 5.05. The predicted molar refractivity (Wildman–Crippen MR) is 72.9 cm³/mol. The van der Waals surface area contributed by atoms with Crippen LogP contribution in [0.2, 0.25) is 0 Å². The molecule has 0 saturated heterocycles. The van der Waals surface area contributed by atoms with Crippen molar-refractivity contribution in [1.29, 1.82) is 0 Å². The molecule has 0 amide bonds. The molecule has 1 aliphatic carbocycles. The Morgan fingerprint density at radius 2 is 1.88 bits per heavy atom. The molecule has 0 aliphatic heterocycles. The lowest BCUT2D eigenvalue weighted by molar-refractivity contribution is 0.123. The van der Waals surface area contributed by atoms with Crippen LogP contribution in [0.15, 0.2) is 18.2 Å². The summed E-state index contributed by atoms with van der Waals surface area (Å²) in [4.78, 5) is 0. The summed E-state index contributed by atoms with van der Waals surface area (Å²) in [5.41, 5.74) is 4.85.